The highest BCUT2D eigenvalue weighted by molar-refractivity contribution is 6.28. The molecule has 0 aliphatic carbocycles. The molecule has 0 fully saturated rings. The minimum Gasteiger partial charge on any atom is -0.464 e. The summed E-state index contributed by atoms with van der Waals surface area (Å²) < 4.78 is 22.7. The summed E-state index contributed by atoms with van der Waals surface area (Å²) in [7, 11) is 0. The Balaban J connectivity index is 2.67. The van der Waals surface area contributed by atoms with Gasteiger partial charge in [-0.25, -0.2) is 9.18 Å². The maximum Gasteiger partial charge on any atom is 0.342 e. The van der Waals surface area contributed by atoms with Gasteiger partial charge in [0.25, 0.3) is 0 Å². The number of carbonyl (C=O) groups is 1. The topological polar surface area (TPSA) is 65.5 Å². The van der Waals surface area contributed by atoms with Gasteiger partial charge in [-0.1, -0.05) is 0 Å². The summed E-state index contributed by atoms with van der Waals surface area (Å²) in [6.45, 7) is 1.69. The lowest BCUT2D eigenvalue weighted by Gasteiger charge is -2.12. The maximum atomic E-state index is 13.4. The minimum absolute atomic E-state index is 0.0940. The van der Waals surface area contributed by atoms with E-state index >= 15 is 0 Å². The van der Waals surface area contributed by atoms with Crippen LogP contribution in [0.5, 0.6) is 0 Å². The van der Waals surface area contributed by atoms with Crippen molar-refractivity contribution in [1.82, 2.24) is 0 Å². The van der Waals surface area contributed by atoms with E-state index in [1.807, 2.05) is 0 Å². The number of esters is 1. The second-order valence-corrected chi connectivity index (χ2v) is 3.19. The first-order valence-corrected chi connectivity index (χ1v) is 4.75. The molecule has 0 amide bonds. The Morgan fingerprint density at radius 1 is 1.73 bits per heavy atom. The van der Waals surface area contributed by atoms with E-state index in [-0.39, 0.29) is 17.6 Å². The van der Waals surface area contributed by atoms with Gasteiger partial charge in [-0.3, -0.25) is 0 Å². The fourth-order valence-electron chi connectivity index (χ4n) is 1.02. The molecule has 2 N–H and O–H groups in total. The molecule has 0 saturated heterocycles. The summed E-state index contributed by atoms with van der Waals surface area (Å²) in [6.07, 6.45) is -1.95. The summed E-state index contributed by atoms with van der Waals surface area (Å²) >= 11 is 5.49. The molecule has 0 radical (unpaired) electrons. The molecule has 15 heavy (non-hydrogen) atoms. The van der Waals surface area contributed by atoms with Crippen molar-refractivity contribution in [3.63, 3.8) is 0 Å². The largest absolute Gasteiger partial charge is 0.464 e. The number of rotatable bonds is 4. The number of hydrogen-bond acceptors (Lipinski definition) is 4. The van der Waals surface area contributed by atoms with Gasteiger partial charge in [0.2, 0.25) is 6.17 Å². The van der Waals surface area contributed by atoms with Gasteiger partial charge >= 0.3 is 5.97 Å². The predicted octanol–water partition coefficient (Wildman–Crippen LogP) is 1.83. The Morgan fingerprint density at radius 3 is 2.87 bits per heavy atom. The van der Waals surface area contributed by atoms with Crippen molar-refractivity contribution in [3.05, 3.63) is 23.1 Å². The smallest absolute Gasteiger partial charge is 0.342 e. The molecule has 0 aliphatic heterocycles. The number of halogens is 2. The molecule has 4 nitrogen and oxygen atoms in total. The molecule has 0 bridgehead atoms. The van der Waals surface area contributed by atoms with Crippen molar-refractivity contribution in [1.29, 1.82) is 0 Å². The fourth-order valence-corrected chi connectivity index (χ4v) is 1.17. The zero-order chi connectivity index (χ0) is 11.4. The zero-order valence-corrected chi connectivity index (χ0v) is 8.83. The highest BCUT2D eigenvalue weighted by Gasteiger charge is 2.29. The fraction of sp³-hybridized carbons (Fsp3) is 0.444. The molecule has 2 atom stereocenters. The van der Waals surface area contributed by atoms with Crippen LogP contribution in [-0.2, 0) is 9.53 Å². The van der Waals surface area contributed by atoms with E-state index in [1.165, 1.54) is 12.1 Å². The van der Waals surface area contributed by atoms with Gasteiger partial charge in [-0.2, -0.15) is 0 Å². The first-order valence-electron chi connectivity index (χ1n) is 4.37. The lowest BCUT2D eigenvalue weighted by atomic mass is 10.1. The van der Waals surface area contributed by atoms with Crippen LogP contribution < -0.4 is 5.73 Å². The summed E-state index contributed by atoms with van der Waals surface area (Å²) in [5.41, 5.74) is 5.45. The van der Waals surface area contributed by atoms with Crippen LogP contribution in [0.15, 0.2) is 16.5 Å². The quantitative estimate of drug-likeness (QED) is 0.809. The molecule has 0 saturated carbocycles. The van der Waals surface area contributed by atoms with Crippen LogP contribution in [0.1, 0.15) is 18.7 Å². The van der Waals surface area contributed by atoms with E-state index in [2.05, 4.69) is 4.74 Å². The summed E-state index contributed by atoms with van der Waals surface area (Å²) in [5, 5.41) is 0.0940. The predicted molar refractivity (Wildman–Crippen MR) is 52.2 cm³/mol. The van der Waals surface area contributed by atoms with E-state index in [1.54, 1.807) is 6.92 Å². The van der Waals surface area contributed by atoms with Crippen molar-refractivity contribution in [2.24, 2.45) is 5.73 Å². The van der Waals surface area contributed by atoms with Crippen molar-refractivity contribution < 1.29 is 18.3 Å². The molecule has 0 aromatic carbocycles. The van der Waals surface area contributed by atoms with Gasteiger partial charge in [0.05, 0.1) is 6.61 Å². The lowest BCUT2D eigenvalue weighted by molar-refractivity contribution is -0.150. The second-order valence-electron chi connectivity index (χ2n) is 2.82. The highest BCUT2D eigenvalue weighted by atomic mass is 35.5. The van der Waals surface area contributed by atoms with Crippen LogP contribution in [0.25, 0.3) is 0 Å². The highest BCUT2D eigenvalue weighted by Crippen LogP contribution is 2.22. The third kappa shape index (κ3) is 2.94. The van der Waals surface area contributed by atoms with Crippen molar-refractivity contribution in [2.45, 2.75) is 19.1 Å². The molecule has 6 heteroatoms. The summed E-state index contributed by atoms with van der Waals surface area (Å²) in [5.74, 6) is -0.891. The Labute approximate surface area is 91.1 Å². The number of carbonyl (C=O) groups excluding carboxylic acids is 1. The van der Waals surface area contributed by atoms with E-state index in [0.29, 0.717) is 0 Å². The minimum atomic E-state index is -1.95. The van der Waals surface area contributed by atoms with Crippen LogP contribution in [0.4, 0.5) is 4.39 Å². The average Bonchev–Trinajstić information content (AvgIpc) is 2.63. The first kappa shape index (κ1) is 12.0. The van der Waals surface area contributed by atoms with Crippen LogP contribution in [0, 0.1) is 0 Å². The number of ether oxygens (including phenoxy) is 1. The molecule has 0 spiro atoms. The molecule has 1 aromatic rings. The Bertz CT molecular complexity index is 342. The molecule has 1 rings (SSSR count). The van der Waals surface area contributed by atoms with Gasteiger partial charge in [0.15, 0.2) is 5.22 Å². The molecule has 84 valence electrons. The average molecular weight is 236 g/mol. The van der Waals surface area contributed by atoms with E-state index in [4.69, 9.17) is 21.8 Å². The van der Waals surface area contributed by atoms with Crippen LogP contribution in [0.2, 0.25) is 5.22 Å². The van der Waals surface area contributed by atoms with Crippen LogP contribution in [0.3, 0.4) is 0 Å². The van der Waals surface area contributed by atoms with Gasteiger partial charge in [-0.05, 0) is 30.7 Å². The molecule has 1 unspecified atom stereocenters. The van der Waals surface area contributed by atoms with Crippen molar-refractivity contribution in [3.8, 4) is 0 Å². The third-order valence-corrected chi connectivity index (χ3v) is 1.95. The normalized spacial score (nSPS) is 14.7. The molecule has 1 aromatic heterocycles. The number of alkyl halides is 1. The first-order chi connectivity index (χ1) is 7.06. The number of nitrogens with two attached hydrogens (primary N) is 1. The molecule has 1 heterocycles. The van der Waals surface area contributed by atoms with Crippen molar-refractivity contribution >= 4 is 17.6 Å². The third-order valence-electron chi connectivity index (χ3n) is 1.75. The van der Waals surface area contributed by atoms with Gasteiger partial charge < -0.3 is 14.9 Å². The summed E-state index contributed by atoms with van der Waals surface area (Å²) in [6, 6.07) is 1.64. The van der Waals surface area contributed by atoms with Crippen LogP contribution in [-0.4, -0.2) is 18.7 Å². The van der Waals surface area contributed by atoms with Crippen molar-refractivity contribution in [2.75, 3.05) is 6.61 Å². The molecular formula is C9H11ClFNO3. The Hall–Kier alpha value is -1.07. The monoisotopic (exact) mass is 235 g/mol. The number of hydrogen-bond donors (Lipinski definition) is 1. The number of furan rings is 1. The van der Waals surface area contributed by atoms with E-state index in [9.17, 15) is 9.18 Å². The Morgan fingerprint density at radius 2 is 2.40 bits per heavy atom. The SMILES string of the molecule is CCOC(=O)C(F)[C@H](N)c1ccc(Cl)o1. The zero-order valence-electron chi connectivity index (χ0n) is 8.07. The van der Waals surface area contributed by atoms with Crippen LogP contribution >= 0.6 is 11.6 Å². The molecule has 0 aliphatic rings. The van der Waals surface area contributed by atoms with E-state index in [0.717, 1.165) is 0 Å². The summed E-state index contributed by atoms with van der Waals surface area (Å²) in [4.78, 5) is 11.0. The Kier molecular flexibility index (Phi) is 4.11. The molecular weight excluding hydrogens is 225 g/mol. The van der Waals surface area contributed by atoms with Gasteiger partial charge in [0, 0.05) is 0 Å². The maximum absolute atomic E-state index is 13.4. The van der Waals surface area contributed by atoms with E-state index < -0.39 is 18.2 Å². The standard InChI is InChI=1S/C9H11ClFNO3/c1-2-14-9(13)7(11)8(12)5-3-4-6(10)15-5/h3-4,7-8H,2,12H2,1H3/t7?,8-/m1/s1. The lowest BCUT2D eigenvalue weighted by Crippen LogP contribution is -2.31. The van der Waals surface area contributed by atoms with Gasteiger partial charge in [0.1, 0.15) is 11.8 Å². The van der Waals surface area contributed by atoms with Gasteiger partial charge in [-0.15, -0.1) is 0 Å². The second kappa shape index (κ2) is 5.14.